The van der Waals surface area contributed by atoms with Crippen LogP contribution in [0.25, 0.3) is 0 Å². The number of thiocarbonyl (C=S) groups is 1. The molecule has 0 saturated carbocycles. The number of carbonyl (C=O) groups is 2. The molecule has 2 amide bonds. The standard InChI is InChI=1S/C24H30N4O3S/c1-17(2)16-31-21-10-5-4-9-20(21)22(29)26-24(32)25-19-8-6-7-18(15-19)23(30)28-13-11-27(3)12-14-28/h4-10,15,17H,11-14,16H2,1-3H3,(H2,25,26,29,32). The molecule has 0 aromatic heterocycles. The minimum atomic E-state index is -0.355. The van der Waals surface area contributed by atoms with Crippen LogP contribution < -0.4 is 15.4 Å². The van der Waals surface area contributed by atoms with Gasteiger partial charge >= 0.3 is 0 Å². The Hall–Kier alpha value is -2.97. The molecule has 2 aromatic rings. The highest BCUT2D eigenvalue weighted by Gasteiger charge is 2.20. The normalized spacial score (nSPS) is 14.2. The van der Waals surface area contributed by atoms with Crippen LogP contribution in [0.4, 0.5) is 5.69 Å². The lowest BCUT2D eigenvalue weighted by molar-refractivity contribution is 0.0664. The van der Waals surface area contributed by atoms with E-state index in [2.05, 4.69) is 22.6 Å². The quantitative estimate of drug-likeness (QED) is 0.653. The van der Waals surface area contributed by atoms with Crippen LogP contribution in [0.3, 0.4) is 0 Å². The molecule has 0 bridgehead atoms. The molecular formula is C24H30N4O3S. The Morgan fingerprint density at radius 2 is 1.78 bits per heavy atom. The van der Waals surface area contributed by atoms with E-state index in [9.17, 15) is 9.59 Å². The molecule has 1 heterocycles. The molecule has 170 valence electrons. The maximum atomic E-state index is 12.8. The van der Waals surface area contributed by atoms with Crippen molar-refractivity contribution in [2.45, 2.75) is 13.8 Å². The van der Waals surface area contributed by atoms with Crippen molar-refractivity contribution in [3.63, 3.8) is 0 Å². The van der Waals surface area contributed by atoms with E-state index in [1.807, 2.05) is 24.8 Å². The van der Waals surface area contributed by atoms with E-state index >= 15 is 0 Å². The van der Waals surface area contributed by atoms with Crippen molar-refractivity contribution in [2.24, 2.45) is 5.92 Å². The highest BCUT2D eigenvalue weighted by atomic mass is 32.1. The largest absolute Gasteiger partial charge is 0.492 e. The van der Waals surface area contributed by atoms with Gasteiger partial charge in [0.2, 0.25) is 0 Å². The van der Waals surface area contributed by atoms with Crippen LogP contribution in [0.2, 0.25) is 0 Å². The van der Waals surface area contributed by atoms with Crippen molar-refractivity contribution >= 4 is 34.8 Å². The predicted molar refractivity (Wildman–Crippen MR) is 130 cm³/mol. The molecule has 0 spiro atoms. The molecule has 2 N–H and O–H groups in total. The van der Waals surface area contributed by atoms with Gasteiger partial charge in [0.15, 0.2) is 5.11 Å². The molecule has 0 atom stereocenters. The average Bonchev–Trinajstić information content (AvgIpc) is 2.78. The van der Waals surface area contributed by atoms with Crippen LogP contribution in [-0.4, -0.2) is 66.6 Å². The van der Waals surface area contributed by atoms with Crippen molar-refractivity contribution in [1.82, 2.24) is 15.1 Å². The van der Waals surface area contributed by atoms with E-state index in [-0.39, 0.29) is 16.9 Å². The fourth-order valence-corrected chi connectivity index (χ4v) is 3.50. The van der Waals surface area contributed by atoms with Crippen LogP contribution in [0.1, 0.15) is 34.6 Å². The Morgan fingerprint density at radius 3 is 2.50 bits per heavy atom. The first-order valence-electron chi connectivity index (χ1n) is 10.8. The van der Waals surface area contributed by atoms with Gasteiger partial charge in [-0.2, -0.15) is 0 Å². The fraction of sp³-hybridized carbons (Fsp3) is 0.375. The number of carbonyl (C=O) groups excluding carboxylic acids is 2. The second-order valence-corrected chi connectivity index (χ2v) is 8.69. The molecule has 32 heavy (non-hydrogen) atoms. The third-order valence-electron chi connectivity index (χ3n) is 5.09. The number of rotatable bonds is 6. The minimum absolute atomic E-state index is 0.00654. The first kappa shape index (κ1) is 23.7. The summed E-state index contributed by atoms with van der Waals surface area (Å²) < 4.78 is 5.76. The van der Waals surface area contributed by atoms with Crippen molar-refractivity contribution in [1.29, 1.82) is 0 Å². The number of ether oxygens (including phenoxy) is 1. The number of hydrogen-bond acceptors (Lipinski definition) is 5. The van der Waals surface area contributed by atoms with Gasteiger partial charge < -0.3 is 19.9 Å². The molecule has 1 aliphatic heterocycles. The summed E-state index contributed by atoms with van der Waals surface area (Å²) in [5, 5.41) is 5.84. The van der Waals surface area contributed by atoms with Gasteiger partial charge in [0.05, 0.1) is 12.2 Å². The Morgan fingerprint density at radius 1 is 1.06 bits per heavy atom. The van der Waals surface area contributed by atoms with Gasteiger partial charge in [-0.15, -0.1) is 0 Å². The van der Waals surface area contributed by atoms with Gasteiger partial charge in [-0.3, -0.25) is 14.9 Å². The molecule has 1 fully saturated rings. The Bertz CT molecular complexity index is 971. The van der Waals surface area contributed by atoms with Gasteiger partial charge in [-0.05, 0) is 55.5 Å². The van der Waals surface area contributed by atoms with Gasteiger partial charge in [0.1, 0.15) is 5.75 Å². The second-order valence-electron chi connectivity index (χ2n) is 8.29. The van der Waals surface area contributed by atoms with Crippen molar-refractivity contribution < 1.29 is 14.3 Å². The lowest BCUT2D eigenvalue weighted by atomic mass is 10.1. The predicted octanol–water partition coefficient (Wildman–Crippen LogP) is 3.24. The van der Waals surface area contributed by atoms with Crippen LogP contribution >= 0.6 is 12.2 Å². The number of nitrogens with one attached hydrogen (secondary N) is 2. The summed E-state index contributed by atoms with van der Waals surface area (Å²) in [6.45, 7) is 7.75. The second kappa shape index (κ2) is 11.1. The maximum Gasteiger partial charge on any atom is 0.261 e. The van der Waals surface area contributed by atoms with Crippen LogP contribution in [0.15, 0.2) is 48.5 Å². The Balaban J connectivity index is 1.61. The zero-order chi connectivity index (χ0) is 23.1. The smallest absolute Gasteiger partial charge is 0.261 e. The molecule has 0 radical (unpaired) electrons. The average molecular weight is 455 g/mol. The minimum Gasteiger partial charge on any atom is -0.492 e. The number of hydrogen-bond donors (Lipinski definition) is 2. The van der Waals surface area contributed by atoms with E-state index in [1.165, 1.54) is 0 Å². The molecule has 1 saturated heterocycles. The summed E-state index contributed by atoms with van der Waals surface area (Å²) in [6, 6.07) is 14.2. The topological polar surface area (TPSA) is 73.9 Å². The van der Waals surface area contributed by atoms with Gasteiger partial charge in [0.25, 0.3) is 11.8 Å². The zero-order valence-corrected chi connectivity index (χ0v) is 19.6. The number of para-hydroxylation sites is 1. The molecule has 0 aliphatic carbocycles. The van der Waals surface area contributed by atoms with E-state index in [1.54, 1.807) is 42.5 Å². The summed E-state index contributed by atoms with van der Waals surface area (Å²) in [6.07, 6.45) is 0. The van der Waals surface area contributed by atoms with Crippen LogP contribution in [0, 0.1) is 5.92 Å². The summed E-state index contributed by atoms with van der Waals surface area (Å²) in [4.78, 5) is 29.6. The van der Waals surface area contributed by atoms with Crippen molar-refractivity contribution in [3.05, 3.63) is 59.7 Å². The lowest BCUT2D eigenvalue weighted by Crippen LogP contribution is -2.47. The monoisotopic (exact) mass is 454 g/mol. The first-order chi connectivity index (χ1) is 15.3. The van der Waals surface area contributed by atoms with E-state index < -0.39 is 0 Å². The molecule has 7 nitrogen and oxygen atoms in total. The van der Waals surface area contributed by atoms with E-state index in [0.29, 0.717) is 48.2 Å². The summed E-state index contributed by atoms with van der Waals surface area (Å²) in [5.41, 5.74) is 1.64. The molecule has 1 aliphatic rings. The van der Waals surface area contributed by atoms with Crippen molar-refractivity contribution in [3.8, 4) is 5.75 Å². The molecule has 3 rings (SSSR count). The number of anilines is 1. The maximum absolute atomic E-state index is 12.8. The molecule has 2 aromatic carbocycles. The SMILES string of the molecule is CC(C)COc1ccccc1C(=O)NC(=S)Nc1cccc(C(=O)N2CCN(C)CC2)c1. The number of likely N-dealkylation sites (N-methyl/N-ethyl adjacent to an activating group) is 1. The summed E-state index contributed by atoms with van der Waals surface area (Å²) >= 11 is 5.32. The first-order valence-corrected chi connectivity index (χ1v) is 11.2. The Kier molecular flexibility index (Phi) is 8.19. The highest BCUT2D eigenvalue weighted by Crippen LogP contribution is 2.19. The number of benzene rings is 2. The van der Waals surface area contributed by atoms with Gasteiger partial charge in [-0.1, -0.05) is 32.0 Å². The zero-order valence-electron chi connectivity index (χ0n) is 18.8. The summed E-state index contributed by atoms with van der Waals surface area (Å²) in [7, 11) is 2.05. The molecular weight excluding hydrogens is 424 g/mol. The van der Waals surface area contributed by atoms with Gasteiger partial charge in [-0.25, -0.2) is 0 Å². The van der Waals surface area contributed by atoms with Gasteiger partial charge in [0, 0.05) is 37.4 Å². The van der Waals surface area contributed by atoms with Crippen LogP contribution in [-0.2, 0) is 0 Å². The molecule has 8 heteroatoms. The third kappa shape index (κ3) is 6.51. The molecule has 0 unspecified atom stereocenters. The lowest BCUT2D eigenvalue weighted by Gasteiger charge is -2.32. The number of piperazine rings is 1. The van der Waals surface area contributed by atoms with Crippen molar-refractivity contribution in [2.75, 3.05) is 45.2 Å². The fourth-order valence-electron chi connectivity index (χ4n) is 3.29. The highest BCUT2D eigenvalue weighted by molar-refractivity contribution is 7.80. The number of amides is 2. The van der Waals surface area contributed by atoms with E-state index in [4.69, 9.17) is 17.0 Å². The third-order valence-corrected chi connectivity index (χ3v) is 5.29. The Labute approximate surface area is 194 Å². The van der Waals surface area contributed by atoms with Crippen LogP contribution in [0.5, 0.6) is 5.75 Å². The summed E-state index contributed by atoms with van der Waals surface area (Å²) in [5.74, 6) is 0.496. The number of nitrogens with zero attached hydrogens (tertiary/aromatic N) is 2. The van der Waals surface area contributed by atoms with E-state index in [0.717, 1.165) is 13.1 Å².